The van der Waals surface area contributed by atoms with Gasteiger partial charge >= 0.3 is 0 Å². The van der Waals surface area contributed by atoms with E-state index < -0.39 is 36.7 Å². The van der Waals surface area contributed by atoms with E-state index >= 15 is 0 Å². The lowest BCUT2D eigenvalue weighted by Gasteiger charge is -2.23. The maximum Gasteiger partial charge on any atom is 0.280 e. The fourth-order valence-corrected chi connectivity index (χ4v) is 5.51. The van der Waals surface area contributed by atoms with E-state index in [9.17, 15) is 15.0 Å². The third kappa shape index (κ3) is 3.31. The summed E-state index contributed by atoms with van der Waals surface area (Å²) in [6.07, 6.45) is -2.35. The van der Waals surface area contributed by atoms with Gasteiger partial charge < -0.3 is 25.4 Å². The first-order valence-electron chi connectivity index (χ1n) is 12.0. The minimum absolute atomic E-state index is 0.0670. The van der Waals surface area contributed by atoms with Crippen LogP contribution in [0.1, 0.15) is 11.8 Å². The van der Waals surface area contributed by atoms with Crippen molar-refractivity contribution in [2.45, 2.75) is 31.1 Å². The predicted molar refractivity (Wildman–Crippen MR) is 138 cm³/mol. The summed E-state index contributed by atoms with van der Waals surface area (Å²) < 4.78 is 13.7. The molecule has 1 aliphatic heterocycles. The molecule has 1 aliphatic rings. The van der Waals surface area contributed by atoms with Crippen LogP contribution in [0, 0.1) is 0 Å². The number of aromatic amines is 1. The number of hydrogen-bond donors (Lipinski definition) is 4. The first-order chi connectivity index (χ1) is 18.0. The van der Waals surface area contributed by atoms with Crippen LogP contribution in [0.15, 0.2) is 65.7 Å². The Hall–Kier alpha value is -4.09. The van der Waals surface area contributed by atoms with Crippen LogP contribution in [-0.2, 0) is 16.1 Å². The third-order valence-corrected chi connectivity index (χ3v) is 7.27. The van der Waals surface area contributed by atoms with Gasteiger partial charge in [0.2, 0.25) is 5.95 Å². The van der Waals surface area contributed by atoms with Crippen LogP contribution in [0.25, 0.3) is 43.5 Å². The van der Waals surface area contributed by atoms with E-state index in [1.54, 1.807) is 0 Å². The van der Waals surface area contributed by atoms with Gasteiger partial charge in [-0.25, -0.2) is 4.98 Å². The largest absolute Gasteiger partial charge is 0.394 e. The highest BCUT2D eigenvalue weighted by atomic mass is 16.6. The Morgan fingerprint density at radius 3 is 2.57 bits per heavy atom. The average Bonchev–Trinajstić information content (AvgIpc) is 3.46. The molecular formula is C27H23N5O5. The quantitative estimate of drug-likeness (QED) is 0.266. The Morgan fingerprint density at radius 1 is 1.05 bits per heavy atom. The van der Waals surface area contributed by atoms with E-state index in [0.29, 0.717) is 0 Å². The van der Waals surface area contributed by atoms with Crippen molar-refractivity contribution in [3.05, 3.63) is 76.8 Å². The van der Waals surface area contributed by atoms with Crippen molar-refractivity contribution in [3.8, 4) is 0 Å². The van der Waals surface area contributed by atoms with Crippen LogP contribution in [0.3, 0.4) is 0 Å². The molecule has 10 nitrogen and oxygen atoms in total. The Labute approximate surface area is 209 Å². The smallest absolute Gasteiger partial charge is 0.280 e. The molecule has 1 fully saturated rings. The first kappa shape index (κ1) is 22.1. The molecule has 3 heterocycles. The zero-order valence-electron chi connectivity index (χ0n) is 19.5. The molecule has 2 aromatic heterocycles. The van der Waals surface area contributed by atoms with Gasteiger partial charge in [-0.3, -0.25) is 14.3 Å². The van der Waals surface area contributed by atoms with Gasteiger partial charge in [0.15, 0.2) is 17.4 Å². The normalized spacial score (nSPS) is 22.2. The van der Waals surface area contributed by atoms with E-state index in [-0.39, 0.29) is 23.7 Å². The van der Waals surface area contributed by atoms with Crippen molar-refractivity contribution < 1.29 is 19.7 Å². The highest BCUT2D eigenvalue weighted by Gasteiger charge is 2.46. The number of nitrogens with one attached hydrogen (secondary N) is 1. The molecule has 186 valence electrons. The number of nitrogens with two attached hydrogens (primary N) is 1. The second kappa shape index (κ2) is 8.22. The number of imidazole rings is 1. The summed E-state index contributed by atoms with van der Waals surface area (Å²) in [4.78, 5) is 23.0. The Bertz CT molecular complexity index is 1830. The second-order valence-corrected chi connectivity index (χ2v) is 9.37. The maximum atomic E-state index is 12.3. The molecule has 10 heteroatoms. The zero-order chi connectivity index (χ0) is 25.3. The first-order valence-corrected chi connectivity index (χ1v) is 12.0. The van der Waals surface area contributed by atoms with Gasteiger partial charge in [0.05, 0.1) is 19.5 Å². The topological polar surface area (TPSA) is 149 Å². The van der Waals surface area contributed by atoms with Crippen LogP contribution in [0.4, 0.5) is 5.95 Å². The van der Waals surface area contributed by atoms with Crippen molar-refractivity contribution in [1.29, 1.82) is 0 Å². The van der Waals surface area contributed by atoms with E-state index in [1.807, 2.05) is 6.07 Å². The molecule has 0 bridgehead atoms. The summed E-state index contributed by atoms with van der Waals surface area (Å²) in [6.45, 7) is -0.213. The molecule has 6 aromatic rings. The summed E-state index contributed by atoms with van der Waals surface area (Å²) in [5.41, 5.74) is 6.51. The van der Waals surface area contributed by atoms with Crippen LogP contribution in [0.5, 0.6) is 0 Å². The fourth-order valence-electron chi connectivity index (χ4n) is 5.51. The lowest BCUT2D eigenvalue weighted by molar-refractivity contribution is -0.0758. The average molecular weight is 498 g/mol. The van der Waals surface area contributed by atoms with Gasteiger partial charge in [-0.2, -0.15) is 4.98 Å². The summed E-state index contributed by atoms with van der Waals surface area (Å²) >= 11 is 0. The SMILES string of the molecule is Nc1nc2c(ncn2[C@@H]2O[C@H](CO)C(O)C2OCc2ccc3ccc4cccc5ccc2c3c45)c(=O)[nH]1. The van der Waals surface area contributed by atoms with E-state index in [4.69, 9.17) is 15.2 Å². The molecule has 0 saturated carbocycles. The summed E-state index contributed by atoms with van der Waals surface area (Å²) in [7, 11) is 0. The highest BCUT2D eigenvalue weighted by Crippen LogP contribution is 2.38. The third-order valence-electron chi connectivity index (χ3n) is 7.27. The number of nitrogens with zero attached hydrogens (tertiary/aromatic N) is 3. The molecule has 0 aliphatic carbocycles. The van der Waals surface area contributed by atoms with E-state index in [2.05, 4.69) is 63.5 Å². The lowest BCUT2D eigenvalue weighted by atomic mass is 9.92. The predicted octanol–water partition coefficient (Wildman–Crippen LogP) is 2.44. The highest BCUT2D eigenvalue weighted by molar-refractivity contribution is 6.23. The number of benzene rings is 4. The van der Waals surface area contributed by atoms with Crippen LogP contribution < -0.4 is 11.3 Å². The minimum atomic E-state index is -1.12. The number of rotatable bonds is 5. The number of aliphatic hydroxyl groups is 2. The second-order valence-electron chi connectivity index (χ2n) is 9.37. The van der Waals surface area contributed by atoms with E-state index in [1.165, 1.54) is 32.4 Å². The summed E-state index contributed by atoms with van der Waals surface area (Å²) in [5, 5.41) is 27.7. The molecular weight excluding hydrogens is 474 g/mol. The van der Waals surface area contributed by atoms with Gasteiger partial charge in [-0.15, -0.1) is 0 Å². The molecule has 0 spiro atoms. The molecule has 4 atom stereocenters. The number of fused-ring (bicyclic) bond motifs is 1. The summed E-state index contributed by atoms with van der Waals surface area (Å²) in [5.74, 6) is -0.0670. The van der Waals surface area contributed by atoms with Crippen molar-refractivity contribution in [2.75, 3.05) is 12.3 Å². The monoisotopic (exact) mass is 497 g/mol. The van der Waals surface area contributed by atoms with Gasteiger partial charge in [0.25, 0.3) is 5.56 Å². The van der Waals surface area contributed by atoms with Gasteiger partial charge in [0, 0.05) is 0 Å². The molecule has 0 radical (unpaired) electrons. The number of anilines is 1. The number of aliphatic hydroxyl groups excluding tert-OH is 2. The number of ether oxygens (including phenoxy) is 2. The van der Waals surface area contributed by atoms with Gasteiger partial charge in [0.1, 0.15) is 18.3 Å². The fraction of sp³-hybridized carbons (Fsp3) is 0.222. The molecule has 37 heavy (non-hydrogen) atoms. The number of H-pyrrole nitrogens is 1. The maximum absolute atomic E-state index is 12.3. The Morgan fingerprint density at radius 2 is 1.78 bits per heavy atom. The number of aromatic nitrogens is 4. The van der Waals surface area contributed by atoms with E-state index in [0.717, 1.165) is 16.3 Å². The molecule has 0 amide bonds. The minimum Gasteiger partial charge on any atom is -0.394 e. The van der Waals surface area contributed by atoms with Crippen LogP contribution >= 0.6 is 0 Å². The summed E-state index contributed by atoms with van der Waals surface area (Å²) in [6, 6.07) is 18.8. The van der Waals surface area contributed by atoms with Gasteiger partial charge in [-0.1, -0.05) is 54.6 Å². The number of nitrogen functional groups attached to an aromatic ring is 1. The zero-order valence-corrected chi connectivity index (χ0v) is 19.5. The van der Waals surface area contributed by atoms with Crippen molar-refractivity contribution in [2.24, 2.45) is 0 Å². The lowest BCUT2D eigenvalue weighted by Crippen LogP contribution is -2.35. The Kier molecular flexibility index (Phi) is 4.92. The Balaban J connectivity index is 1.28. The van der Waals surface area contributed by atoms with Crippen molar-refractivity contribution in [3.63, 3.8) is 0 Å². The molecule has 7 rings (SSSR count). The van der Waals surface area contributed by atoms with Crippen LogP contribution in [-0.4, -0.2) is 54.7 Å². The van der Waals surface area contributed by atoms with Crippen molar-refractivity contribution >= 4 is 49.4 Å². The standard InChI is InChI=1S/C27H23N5O5/c28-27-30-24-21(25(35)31-27)29-12-32(24)26-23(22(34)18(10-33)37-26)36-11-16-7-6-15-5-4-13-2-1-3-14-8-9-17(16)20(15)19(13)14/h1-9,12,18,22-23,26,33-34H,10-11H2,(H3,28,30,31,35)/t18-,22?,23?,26-/m1/s1. The van der Waals surface area contributed by atoms with Crippen LogP contribution in [0.2, 0.25) is 0 Å². The number of hydrogen-bond acceptors (Lipinski definition) is 8. The molecule has 1 saturated heterocycles. The molecule has 4 aromatic carbocycles. The molecule has 2 unspecified atom stereocenters. The molecule has 5 N–H and O–H groups in total. The van der Waals surface area contributed by atoms with Crippen molar-refractivity contribution in [1.82, 2.24) is 19.5 Å². The van der Waals surface area contributed by atoms with Gasteiger partial charge in [-0.05, 0) is 37.9 Å².